The number of nitrogens with one attached hydrogen (secondary N) is 1. The first-order valence-corrected chi connectivity index (χ1v) is 11.4. The largest absolute Gasteiger partial charge is 0.324 e. The number of carbonyl (C=O) groups excluding carboxylic acids is 1. The molecule has 0 saturated carbocycles. The molecule has 2 aromatic carbocycles. The van der Waals surface area contributed by atoms with Crippen LogP contribution in [0.15, 0.2) is 42.5 Å². The maximum atomic E-state index is 13.2. The van der Waals surface area contributed by atoms with Gasteiger partial charge in [0.15, 0.2) is 0 Å². The topological polar surface area (TPSA) is 66.5 Å². The molecule has 1 amide bonds. The Morgan fingerprint density at radius 1 is 1.11 bits per heavy atom. The van der Waals surface area contributed by atoms with E-state index in [0.29, 0.717) is 12.1 Å². The van der Waals surface area contributed by atoms with Crippen molar-refractivity contribution >= 4 is 27.3 Å². The van der Waals surface area contributed by atoms with Crippen molar-refractivity contribution in [3.05, 3.63) is 59.2 Å². The van der Waals surface area contributed by atoms with Crippen molar-refractivity contribution in [3.8, 4) is 0 Å². The molecule has 0 aliphatic rings. The molecule has 6 heteroatoms. The lowest BCUT2D eigenvalue weighted by atomic mass is 9.98. The van der Waals surface area contributed by atoms with Crippen molar-refractivity contribution in [2.75, 3.05) is 15.9 Å². The Bertz CT molecular complexity index is 952. The van der Waals surface area contributed by atoms with Gasteiger partial charge in [-0.2, -0.15) is 0 Å². The van der Waals surface area contributed by atoms with E-state index in [4.69, 9.17) is 0 Å². The zero-order valence-electron chi connectivity index (χ0n) is 17.5. The number of nitrogens with zero attached hydrogens (tertiary/aromatic N) is 1. The fraction of sp³-hybridized carbons (Fsp3) is 0.409. The second kappa shape index (κ2) is 8.78. The van der Waals surface area contributed by atoms with Gasteiger partial charge in [-0.15, -0.1) is 0 Å². The molecular weight excluding hydrogens is 372 g/mol. The van der Waals surface area contributed by atoms with Gasteiger partial charge in [0.2, 0.25) is 15.9 Å². The van der Waals surface area contributed by atoms with Crippen molar-refractivity contribution < 1.29 is 13.2 Å². The van der Waals surface area contributed by atoms with Crippen LogP contribution in [-0.4, -0.2) is 26.6 Å². The van der Waals surface area contributed by atoms with Gasteiger partial charge in [0.1, 0.15) is 6.04 Å². The molecule has 2 aromatic rings. The van der Waals surface area contributed by atoms with E-state index in [9.17, 15) is 13.2 Å². The lowest BCUT2D eigenvalue weighted by Crippen LogP contribution is -2.47. The molecule has 0 aromatic heterocycles. The van der Waals surface area contributed by atoms with Gasteiger partial charge >= 0.3 is 0 Å². The van der Waals surface area contributed by atoms with Crippen LogP contribution in [-0.2, 0) is 14.8 Å². The number of hydrogen-bond donors (Lipinski definition) is 1. The van der Waals surface area contributed by atoms with Crippen molar-refractivity contribution in [2.24, 2.45) is 0 Å². The fourth-order valence-electron chi connectivity index (χ4n) is 3.37. The molecule has 5 nitrogen and oxygen atoms in total. The van der Waals surface area contributed by atoms with Crippen molar-refractivity contribution in [2.45, 2.75) is 53.0 Å². The molecule has 0 spiro atoms. The molecule has 28 heavy (non-hydrogen) atoms. The Morgan fingerprint density at radius 2 is 1.75 bits per heavy atom. The van der Waals surface area contributed by atoms with Crippen molar-refractivity contribution in [1.29, 1.82) is 0 Å². The quantitative estimate of drug-likeness (QED) is 0.735. The lowest BCUT2D eigenvalue weighted by Gasteiger charge is -2.31. The summed E-state index contributed by atoms with van der Waals surface area (Å²) in [6, 6.07) is 12.3. The molecule has 0 aliphatic carbocycles. The highest BCUT2D eigenvalue weighted by molar-refractivity contribution is 7.92. The highest BCUT2D eigenvalue weighted by atomic mass is 32.2. The van der Waals surface area contributed by atoms with E-state index in [1.807, 2.05) is 45.0 Å². The average molecular weight is 403 g/mol. The molecule has 0 aliphatic heterocycles. The molecule has 0 unspecified atom stereocenters. The number of sulfonamides is 1. The maximum Gasteiger partial charge on any atom is 0.248 e. The first kappa shape index (κ1) is 22.0. The van der Waals surface area contributed by atoms with Crippen LogP contribution in [0.1, 0.15) is 49.8 Å². The van der Waals surface area contributed by atoms with Crippen LogP contribution in [0.2, 0.25) is 0 Å². The van der Waals surface area contributed by atoms with Crippen LogP contribution >= 0.6 is 0 Å². The third-order valence-electron chi connectivity index (χ3n) is 4.76. The molecular formula is C22H30N2O3S. The number of amides is 1. The van der Waals surface area contributed by atoms with Crippen LogP contribution < -0.4 is 9.62 Å². The number of benzene rings is 2. The maximum absolute atomic E-state index is 13.2. The van der Waals surface area contributed by atoms with E-state index < -0.39 is 16.1 Å². The van der Waals surface area contributed by atoms with Gasteiger partial charge in [0.05, 0.1) is 11.9 Å². The molecule has 152 valence electrons. The third-order valence-corrected chi connectivity index (χ3v) is 5.94. The number of anilines is 2. The molecule has 0 fully saturated rings. The Hall–Kier alpha value is -2.34. The van der Waals surface area contributed by atoms with E-state index in [1.165, 1.54) is 4.31 Å². The number of para-hydroxylation sites is 1. The summed E-state index contributed by atoms with van der Waals surface area (Å²) < 4.78 is 26.4. The van der Waals surface area contributed by atoms with Crippen LogP contribution in [0.5, 0.6) is 0 Å². The van der Waals surface area contributed by atoms with Crippen LogP contribution in [0, 0.1) is 13.8 Å². The van der Waals surface area contributed by atoms with Gasteiger partial charge in [-0.25, -0.2) is 8.42 Å². The first-order valence-electron chi connectivity index (χ1n) is 9.52. The second-order valence-electron chi connectivity index (χ2n) is 7.50. The minimum atomic E-state index is -3.65. The molecule has 1 atom stereocenters. The first-order chi connectivity index (χ1) is 13.1. The molecule has 0 saturated heterocycles. The Kier molecular flexibility index (Phi) is 6.88. The van der Waals surface area contributed by atoms with Gasteiger partial charge in [-0.3, -0.25) is 9.10 Å². The zero-order valence-corrected chi connectivity index (χ0v) is 18.3. The average Bonchev–Trinajstić information content (AvgIpc) is 2.59. The Morgan fingerprint density at radius 3 is 2.29 bits per heavy atom. The normalized spacial score (nSPS) is 12.7. The molecule has 2 rings (SSSR count). The standard InChI is InChI=1S/C22H30N2O3S/c1-7-20(24(28(6,26)27)18-12-8-10-16(4)14-18)22(25)23-21-17(5)11-9-13-19(21)15(2)3/h8-15,20H,7H2,1-6H3,(H,23,25)/t20-/m1/s1. The van der Waals surface area contributed by atoms with Crippen molar-refractivity contribution in [1.82, 2.24) is 0 Å². The summed E-state index contributed by atoms with van der Waals surface area (Å²) in [4.78, 5) is 13.2. The highest BCUT2D eigenvalue weighted by Crippen LogP contribution is 2.29. The third kappa shape index (κ3) is 4.93. The molecule has 0 radical (unpaired) electrons. The van der Waals surface area contributed by atoms with E-state index in [-0.39, 0.29) is 11.8 Å². The second-order valence-corrected chi connectivity index (χ2v) is 9.36. The fourth-order valence-corrected chi connectivity index (χ4v) is 4.58. The molecule has 0 bridgehead atoms. The van der Waals surface area contributed by atoms with Crippen LogP contribution in [0.4, 0.5) is 11.4 Å². The SMILES string of the molecule is CC[C@H](C(=O)Nc1c(C)cccc1C(C)C)N(c1cccc(C)c1)S(C)(=O)=O. The summed E-state index contributed by atoms with van der Waals surface area (Å²) in [6.07, 6.45) is 1.49. The highest BCUT2D eigenvalue weighted by Gasteiger charge is 2.32. The number of rotatable bonds is 7. The van der Waals surface area contributed by atoms with E-state index in [0.717, 1.165) is 28.6 Å². The lowest BCUT2D eigenvalue weighted by molar-refractivity contribution is -0.117. The minimum Gasteiger partial charge on any atom is -0.324 e. The summed E-state index contributed by atoms with van der Waals surface area (Å²) in [7, 11) is -3.65. The predicted molar refractivity (Wildman–Crippen MR) is 116 cm³/mol. The van der Waals surface area contributed by atoms with Gasteiger partial charge < -0.3 is 5.32 Å². The van der Waals surface area contributed by atoms with E-state index in [2.05, 4.69) is 19.2 Å². The smallest absolute Gasteiger partial charge is 0.248 e. The number of hydrogen-bond acceptors (Lipinski definition) is 3. The monoisotopic (exact) mass is 402 g/mol. The Balaban J connectivity index is 2.47. The summed E-state index contributed by atoms with van der Waals surface area (Å²) in [5, 5.41) is 3.00. The van der Waals surface area contributed by atoms with Crippen LogP contribution in [0.3, 0.4) is 0 Å². The van der Waals surface area contributed by atoms with Gasteiger partial charge in [0.25, 0.3) is 0 Å². The Labute approximate surface area is 168 Å². The minimum absolute atomic E-state index is 0.234. The molecule has 1 N–H and O–H groups in total. The van der Waals surface area contributed by atoms with E-state index in [1.54, 1.807) is 18.2 Å². The summed E-state index contributed by atoms with van der Waals surface area (Å²) in [6.45, 7) is 9.79. The molecule has 0 heterocycles. The van der Waals surface area contributed by atoms with Gasteiger partial charge in [-0.05, 0) is 55.0 Å². The van der Waals surface area contributed by atoms with E-state index >= 15 is 0 Å². The van der Waals surface area contributed by atoms with Crippen LogP contribution in [0.25, 0.3) is 0 Å². The summed E-state index contributed by atoms with van der Waals surface area (Å²) >= 11 is 0. The van der Waals surface area contributed by atoms with Gasteiger partial charge in [0, 0.05) is 5.69 Å². The number of carbonyl (C=O) groups is 1. The zero-order chi connectivity index (χ0) is 21.1. The summed E-state index contributed by atoms with van der Waals surface area (Å²) in [5.41, 5.74) is 4.18. The summed E-state index contributed by atoms with van der Waals surface area (Å²) in [5.74, 6) is -0.0938. The van der Waals surface area contributed by atoms with Gasteiger partial charge in [-0.1, -0.05) is 51.1 Å². The van der Waals surface area contributed by atoms with Crippen molar-refractivity contribution in [3.63, 3.8) is 0 Å². The predicted octanol–water partition coefficient (Wildman–Crippen LogP) is 4.61. The number of aryl methyl sites for hydroxylation is 2.